The van der Waals surface area contributed by atoms with Crippen LogP contribution in [-0.4, -0.2) is 26.0 Å². The molecule has 10 heteroatoms. The normalized spacial score (nSPS) is 11.1. The standard InChI is InChI=1S/C31H27FN8O/c1-31(2,40-29(34)24(19-33)28(39-40)21-12-14-23(32)15-13-21)18-22-10-6-7-11-25(22)35-30(41)36-27-17-16-26(37-38-27)20-8-4-3-5-9-20/h3-17H,18,34H2,1-2H3,(H2,35,36,38,41). The minimum atomic E-state index is -0.693. The van der Waals surface area contributed by atoms with Gasteiger partial charge in [-0.25, -0.2) is 13.9 Å². The van der Waals surface area contributed by atoms with Crippen LogP contribution in [0.15, 0.2) is 91.0 Å². The van der Waals surface area contributed by atoms with E-state index in [1.807, 2.05) is 62.4 Å². The number of nitriles is 1. The fourth-order valence-corrected chi connectivity index (χ4v) is 4.58. The first kappa shape index (κ1) is 27.0. The van der Waals surface area contributed by atoms with Gasteiger partial charge in [-0.1, -0.05) is 48.5 Å². The third-order valence-corrected chi connectivity index (χ3v) is 6.59. The van der Waals surface area contributed by atoms with Crippen LogP contribution in [0.4, 0.5) is 26.5 Å². The number of rotatable bonds is 7. The topological polar surface area (TPSA) is 135 Å². The molecule has 0 atom stereocenters. The number of amides is 2. The van der Waals surface area contributed by atoms with Gasteiger partial charge in [0.25, 0.3) is 0 Å². The van der Waals surface area contributed by atoms with Gasteiger partial charge in [0.1, 0.15) is 29.0 Å². The molecule has 5 aromatic rings. The summed E-state index contributed by atoms with van der Waals surface area (Å²) >= 11 is 0. The zero-order valence-electron chi connectivity index (χ0n) is 22.5. The van der Waals surface area contributed by atoms with Crippen molar-refractivity contribution in [3.63, 3.8) is 0 Å². The number of aromatic nitrogens is 4. The lowest BCUT2D eigenvalue weighted by Crippen LogP contribution is -2.32. The van der Waals surface area contributed by atoms with Crippen LogP contribution in [0.25, 0.3) is 22.5 Å². The third-order valence-electron chi connectivity index (χ3n) is 6.59. The molecule has 2 amide bonds. The Kier molecular flexibility index (Phi) is 7.43. The van der Waals surface area contributed by atoms with Gasteiger partial charge in [0.05, 0.1) is 11.2 Å². The van der Waals surface area contributed by atoms with E-state index in [2.05, 4.69) is 32.0 Å². The average molecular weight is 547 g/mol. The van der Waals surface area contributed by atoms with E-state index in [4.69, 9.17) is 5.73 Å². The van der Waals surface area contributed by atoms with Crippen LogP contribution < -0.4 is 16.4 Å². The molecule has 2 heterocycles. The number of carbonyl (C=O) groups excluding carboxylic acids is 1. The van der Waals surface area contributed by atoms with E-state index in [9.17, 15) is 14.4 Å². The Hall–Kier alpha value is -5.56. The Morgan fingerprint density at radius 1 is 0.927 bits per heavy atom. The molecular weight excluding hydrogens is 519 g/mol. The number of anilines is 3. The number of urea groups is 1. The van der Waals surface area contributed by atoms with Gasteiger partial charge in [-0.3, -0.25) is 5.32 Å². The van der Waals surface area contributed by atoms with E-state index in [0.717, 1.165) is 11.1 Å². The first-order valence-corrected chi connectivity index (χ1v) is 12.9. The van der Waals surface area contributed by atoms with Crippen molar-refractivity contribution < 1.29 is 9.18 Å². The molecule has 3 aromatic carbocycles. The molecule has 5 rings (SSSR count). The van der Waals surface area contributed by atoms with E-state index in [1.165, 1.54) is 12.1 Å². The molecule has 4 N–H and O–H groups in total. The molecule has 2 aromatic heterocycles. The van der Waals surface area contributed by atoms with E-state index in [0.29, 0.717) is 34.9 Å². The van der Waals surface area contributed by atoms with Crippen LogP contribution in [-0.2, 0) is 12.0 Å². The predicted molar refractivity (Wildman–Crippen MR) is 156 cm³/mol. The number of hydrogen-bond acceptors (Lipinski definition) is 6. The molecule has 41 heavy (non-hydrogen) atoms. The summed E-state index contributed by atoms with van der Waals surface area (Å²) in [5, 5.41) is 28.4. The van der Waals surface area contributed by atoms with Crippen LogP contribution in [0.5, 0.6) is 0 Å². The Labute approximate surface area is 236 Å². The number of nitrogen functional groups attached to an aromatic ring is 1. The summed E-state index contributed by atoms with van der Waals surface area (Å²) in [6, 6.07) is 27.9. The summed E-state index contributed by atoms with van der Waals surface area (Å²) < 4.78 is 15.1. The molecule has 0 saturated carbocycles. The second kappa shape index (κ2) is 11.3. The lowest BCUT2D eigenvalue weighted by atomic mass is 9.94. The van der Waals surface area contributed by atoms with Gasteiger partial charge in [0.15, 0.2) is 5.82 Å². The summed E-state index contributed by atoms with van der Waals surface area (Å²) in [7, 11) is 0. The van der Waals surface area contributed by atoms with Crippen molar-refractivity contribution in [2.75, 3.05) is 16.4 Å². The smallest absolute Gasteiger partial charge is 0.324 e. The van der Waals surface area contributed by atoms with Crippen LogP contribution in [0.3, 0.4) is 0 Å². The zero-order chi connectivity index (χ0) is 29.0. The molecule has 0 fully saturated rings. The van der Waals surface area contributed by atoms with E-state index in [-0.39, 0.29) is 17.2 Å². The van der Waals surface area contributed by atoms with Gasteiger partial charge in [0.2, 0.25) is 0 Å². The van der Waals surface area contributed by atoms with Gasteiger partial charge in [-0.15, -0.1) is 10.2 Å². The summed E-state index contributed by atoms with van der Waals surface area (Å²) in [4.78, 5) is 12.9. The van der Waals surface area contributed by atoms with E-state index >= 15 is 0 Å². The fraction of sp³-hybridized carbons (Fsp3) is 0.129. The largest absolute Gasteiger partial charge is 0.383 e. The number of benzene rings is 3. The molecule has 0 aliphatic rings. The Morgan fingerprint density at radius 2 is 1.63 bits per heavy atom. The SMILES string of the molecule is CC(C)(Cc1ccccc1NC(=O)Nc1ccc(-c2ccccc2)nn1)n1nc(-c2ccc(F)cc2)c(C#N)c1N. The number of nitrogens with one attached hydrogen (secondary N) is 2. The summed E-state index contributed by atoms with van der Waals surface area (Å²) in [6.07, 6.45) is 0.425. The molecule has 0 radical (unpaired) electrons. The van der Waals surface area contributed by atoms with E-state index in [1.54, 1.807) is 35.0 Å². The first-order chi connectivity index (χ1) is 19.7. The molecular formula is C31H27FN8O. The minimum Gasteiger partial charge on any atom is -0.383 e. The quantitative estimate of drug-likeness (QED) is 0.222. The highest BCUT2D eigenvalue weighted by Gasteiger charge is 2.29. The maximum absolute atomic E-state index is 13.5. The highest BCUT2D eigenvalue weighted by atomic mass is 19.1. The monoisotopic (exact) mass is 546 g/mol. The van der Waals surface area contributed by atoms with E-state index < -0.39 is 11.6 Å². The second-order valence-corrected chi connectivity index (χ2v) is 10.0. The second-order valence-electron chi connectivity index (χ2n) is 10.0. The van der Waals surface area contributed by atoms with Crippen LogP contribution in [0.2, 0.25) is 0 Å². The minimum absolute atomic E-state index is 0.206. The molecule has 204 valence electrons. The third kappa shape index (κ3) is 5.89. The fourth-order valence-electron chi connectivity index (χ4n) is 4.58. The Balaban J connectivity index is 1.33. The van der Waals surface area contributed by atoms with Crippen molar-refractivity contribution in [2.45, 2.75) is 25.8 Å². The van der Waals surface area contributed by atoms with Gasteiger partial charge >= 0.3 is 6.03 Å². The molecule has 0 unspecified atom stereocenters. The van der Waals surface area contributed by atoms with Crippen molar-refractivity contribution in [3.8, 4) is 28.6 Å². The summed E-state index contributed by atoms with van der Waals surface area (Å²) in [5.41, 5.74) is 9.92. The molecule has 0 aliphatic carbocycles. The van der Waals surface area contributed by atoms with Gasteiger partial charge in [-0.05, 0) is 68.3 Å². The van der Waals surface area contributed by atoms with Crippen LogP contribution in [0.1, 0.15) is 25.0 Å². The van der Waals surface area contributed by atoms with Gasteiger partial charge in [0, 0.05) is 16.8 Å². The number of hydrogen-bond donors (Lipinski definition) is 3. The molecule has 9 nitrogen and oxygen atoms in total. The summed E-state index contributed by atoms with van der Waals surface area (Å²) in [5.74, 6) is 0.128. The summed E-state index contributed by atoms with van der Waals surface area (Å²) in [6.45, 7) is 3.87. The Morgan fingerprint density at radius 3 is 2.32 bits per heavy atom. The number of carbonyl (C=O) groups is 1. The van der Waals surface area contributed by atoms with Crippen molar-refractivity contribution in [1.82, 2.24) is 20.0 Å². The van der Waals surface area contributed by atoms with Crippen molar-refractivity contribution in [2.24, 2.45) is 0 Å². The lowest BCUT2D eigenvalue weighted by Gasteiger charge is -2.28. The van der Waals surface area contributed by atoms with Crippen LogP contribution >= 0.6 is 0 Å². The number of para-hydroxylation sites is 1. The molecule has 0 bridgehead atoms. The molecule has 0 spiro atoms. The van der Waals surface area contributed by atoms with Crippen molar-refractivity contribution in [3.05, 3.63) is 108 Å². The lowest BCUT2D eigenvalue weighted by molar-refractivity contribution is 0.262. The zero-order valence-corrected chi connectivity index (χ0v) is 22.5. The van der Waals surface area contributed by atoms with Crippen molar-refractivity contribution >= 4 is 23.4 Å². The molecule has 0 aliphatic heterocycles. The highest BCUT2D eigenvalue weighted by Crippen LogP contribution is 2.33. The average Bonchev–Trinajstić information content (AvgIpc) is 3.32. The Bertz CT molecular complexity index is 1720. The number of nitrogens with zero attached hydrogens (tertiary/aromatic N) is 5. The van der Waals surface area contributed by atoms with Crippen molar-refractivity contribution in [1.29, 1.82) is 5.26 Å². The maximum atomic E-state index is 13.5. The maximum Gasteiger partial charge on any atom is 0.324 e. The molecule has 0 saturated heterocycles. The first-order valence-electron chi connectivity index (χ1n) is 12.9. The number of halogens is 1. The van der Waals surface area contributed by atoms with Gasteiger partial charge in [-0.2, -0.15) is 10.4 Å². The number of nitrogens with two attached hydrogens (primary N) is 1. The van der Waals surface area contributed by atoms with Crippen LogP contribution in [0, 0.1) is 17.1 Å². The predicted octanol–water partition coefficient (Wildman–Crippen LogP) is 6.22. The van der Waals surface area contributed by atoms with Gasteiger partial charge < -0.3 is 11.1 Å². The highest BCUT2D eigenvalue weighted by molar-refractivity contribution is 5.99.